The molecular formula is C13H17Cl2NO. The van der Waals surface area contributed by atoms with Crippen molar-refractivity contribution in [1.29, 1.82) is 0 Å². The van der Waals surface area contributed by atoms with Crippen molar-refractivity contribution < 1.29 is 4.74 Å². The maximum atomic E-state index is 6.13. The Hall–Kier alpha value is -0.280. The van der Waals surface area contributed by atoms with Crippen LogP contribution in [0.5, 0.6) is 0 Å². The van der Waals surface area contributed by atoms with E-state index in [9.17, 15) is 0 Å². The topological polar surface area (TPSA) is 21.3 Å². The normalized spacial score (nSPS) is 19.2. The van der Waals surface area contributed by atoms with Gasteiger partial charge >= 0.3 is 0 Å². The SMILES string of the molecule is ClCC1(NCc2ccccc2Cl)CCOCC1. The second-order valence-corrected chi connectivity index (χ2v) is 5.15. The van der Waals surface area contributed by atoms with E-state index >= 15 is 0 Å². The van der Waals surface area contributed by atoms with Crippen LogP contribution in [-0.2, 0) is 11.3 Å². The maximum absolute atomic E-state index is 6.13. The molecule has 1 saturated heterocycles. The Balaban J connectivity index is 1.98. The van der Waals surface area contributed by atoms with Gasteiger partial charge in [0.05, 0.1) is 0 Å². The number of nitrogens with one attached hydrogen (secondary N) is 1. The Kier molecular flexibility index (Phi) is 4.69. The van der Waals surface area contributed by atoms with E-state index in [2.05, 4.69) is 5.32 Å². The third kappa shape index (κ3) is 3.35. The van der Waals surface area contributed by atoms with E-state index in [1.165, 1.54) is 0 Å². The Labute approximate surface area is 112 Å². The van der Waals surface area contributed by atoms with Gasteiger partial charge in [0.1, 0.15) is 0 Å². The van der Waals surface area contributed by atoms with Crippen LogP contribution >= 0.6 is 23.2 Å². The van der Waals surface area contributed by atoms with Crippen LogP contribution in [0.25, 0.3) is 0 Å². The zero-order valence-corrected chi connectivity index (χ0v) is 11.2. The number of rotatable bonds is 4. The predicted octanol–water partition coefficient (Wildman–Crippen LogP) is 3.22. The van der Waals surface area contributed by atoms with Gasteiger partial charge in [0.25, 0.3) is 0 Å². The number of halogens is 2. The lowest BCUT2D eigenvalue weighted by Crippen LogP contribution is -2.50. The monoisotopic (exact) mass is 273 g/mol. The van der Waals surface area contributed by atoms with E-state index < -0.39 is 0 Å². The Morgan fingerprint density at radius 3 is 2.59 bits per heavy atom. The van der Waals surface area contributed by atoms with Gasteiger partial charge in [-0.05, 0) is 24.5 Å². The first-order valence-corrected chi connectivity index (χ1v) is 6.79. The average molecular weight is 274 g/mol. The summed E-state index contributed by atoms with van der Waals surface area (Å²) in [7, 11) is 0. The molecule has 17 heavy (non-hydrogen) atoms. The number of ether oxygens (including phenoxy) is 1. The van der Waals surface area contributed by atoms with Gasteiger partial charge < -0.3 is 10.1 Å². The van der Waals surface area contributed by atoms with Gasteiger partial charge in [-0.15, -0.1) is 11.6 Å². The van der Waals surface area contributed by atoms with Crippen LogP contribution in [0.3, 0.4) is 0 Å². The largest absolute Gasteiger partial charge is 0.381 e. The van der Waals surface area contributed by atoms with Crippen LogP contribution in [0.15, 0.2) is 24.3 Å². The highest BCUT2D eigenvalue weighted by Gasteiger charge is 2.31. The summed E-state index contributed by atoms with van der Waals surface area (Å²) in [6, 6.07) is 7.89. The third-order valence-corrected chi connectivity index (χ3v) is 4.20. The van der Waals surface area contributed by atoms with Crippen molar-refractivity contribution in [3.8, 4) is 0 Å². The van der Waals surface area contributed by atoms with E-state index in [0.717, 1.165) is 43.2 Å². The first kappa shape index (κ1) is 13.2. The molecule has 0 aromatic heterocycles. The molecule has 1 aliphatic heterocycles. The van der Waals surface area contributed by atoms with Crippen LogP contribution < -0.4 is 5.32 Å². The highest BCUT2D eigenvalue weighted by Crippen LogP contribution is 2.24. The van der Waals surface area contributed by atoms with E-state index in [1.54, 1.807) is 0 Å². The summed E-state index contributed by atoms with van der Waals surface area (Å²) >= 11 is 12.2. The van der Waals surface area contributed by atoms with E-state index in [1.807, 2.05) is 24.3 Å². The van der Waals surface area contributed by atoms with Crippen molar-refractivity contribution in [3.05, 3.63) is 34.9 Å². The van der Waals surface area contributed by atoms with Crippen LogP contribution in [0, 0.1) is 0 Å². The van der Waals surface area contributed by atoms with Gasteiger partial charge in [-0.1, -0.05) is 29.8 Å². The smallest absolute Gasteiger partial charge is 0.0484 e. The predicted molar refractivity (Wildman–Crippen MR) is 71.8 cm³/mol. The van der Waals surface area contributed by atoms with Crippen molar-refractivity contribution in [2.75, 3.05) is 19.1 Å². The third-order valence-electron chi connectivity index (χ3n) is 3.32. The Morgan fingerprint density at radius 2 is 1.94 bits per heavy atom. The van der Waals surface area contributed by atoms with Gasteiger partial charge in [0.15, 0.2) is 0 Å². The molecule has 1 N–H and O–H groups in total. The molecule has 0 atom stereocenters. The molecule has 0 aliphatic carbocycles. The molecule has 2 rings (SSSR count). The summed E-state index contributed by atoms with van der Waals surface area (Å²) in [4.78, 5) is 0. The fraction of sp³-hybridized carbons (Fsp3) is 0.538. The lowest BCUT2D eigenvalue weighted by atomic mass is 9.92. The second-order valence-electron chi connectivity index (χ2n) is 4.47. The van der Waals surface area contributed by atoms with Gasteiger partial charge in [0, 0.05) is 36.2 Å². The molecule has 4 heteroatoms. The van der Waals surface area contributed by atoms with Crippen molar-refractivity contribution in [1.82, 2.24) is 5.32 Å². The molecule has 0 spiro atoms. The second kappa shape index (κ2) is 6.05. The fourth-order valence-corrected chi connectivity index (χ4v) is 2.61. The minimum Gasteiger partial charge on any atom is -0.381 e. The lowest BCUT2D eigenvalue weighted by Gasteiger charge is -2.36. The summed E-state index contributed by atoms with van der Waals surface area (Å²) in [6.07, 6.45) is 1.92. The Bertz CT molecular complexity index is 364. The summed E-state index contributed by atoms with van der Waals surface area (Å²) in [5.41, 5.74) is 1.11. The molecule has 0 bridgehead atoms. The van der Waals surface area contributed by atoms with Crippen molar-refractivity contribution in [2.45, 2.75) is 24.9 Å². The van der Waals surface area contributed by atoms with Crippen LogP contribution in [0.2, 0.25) is 5.02 Å². The highest BCUT2D eigenvalue weighted by molar-refractivity contribution is 6.31. The molecule has 0 amide bonds. The minimum atomic E-state index is -0.00102. The molecule has 94 valence electrons. The van der Waals surface area contributed by atoms with Gasteiger partial charge in [-0.2, -0.15) is 0 Å². The number of hydrogen-bond acceptors (Lipinski definition) is 2. The zero-order chi connectivity index (χ0) is 12.1. The molecule has 1 aromatic carbocycles. The molecule has 2 nitrogen and oxygen atoms in total. The van der Waals surface area contributed by atoms with E-state index in [0.29, 0.717) is 5.88 Å². The van der Waals surface area contributed by atoms with Crippen LogP contribution in [0.4, 0.5) is 0 Å². The quantitative estimate of drug-likeness (QED) is 0.851. The van der Waals surface area contributed by atoms with E-state index in [4.69, 9.17) is 27.9 Å². The molecule has 1 fully saturated rings. The molecule has 0 radical (unpaired) electrons. The molecule has 0 unspecified atom stereocenters. The first-order chi connectivity index (χ1) is 8.26. The standard InChI is InChI=1S/C13H17Cl2NO/c14-10-13(5-7-17-8-6-13)16-9-11-3-1-2-4-12(11)15/h1-4,16H,5-10H2. The molecule has 1 aliphatic rings. The lowest BCUT2D eigenvalue weighted by molar-refractivity contribution is 0.0459. The van der Waals surface area contributed by atoms with Crippen molar-refractivity contribution in [2.24, 2.45) is 0 Å². The van der Waals surface area contributed by atoms with Crippen molar-refractivity contribution in [3.63, 3.8) is 0 Å². The van der Waals surface area contributed by atoms with Crippen molar-refractivity contribution >= 4 is 23.2 Å². The maximum Gasteiger partial charge on any atom is 0.0484 e. The molecular weight excluding hydrogens is 257 g/mol. The first-order valence-electron chi connectivity index (χ1n) is 5.88. The molecule has 1 heterocycles. The number of benzene rings is 1. The summed E-state index contributed by atoms with van der Waals surface area (Å²) in [5.74, 6) is 0.612. The number of hydrogen-bond donors (Lipinski definition) is 1. The van der Waals surface area contributed by atoms with Gasteiger partial charge in [0.2, 0.25) is 0 Å². The summed E-state index contributed by atoms with van der Waals surface area (Å²) < 4.78 is 5.38. The van der Waals surface area contributed by atoms with Crippen LogP contribution in [0.1, 0.15) is 18.4 Å². The molecule has 0 saturated carbocycles. The Morgan fingerprint density at radius 1 is 1.24 bits per heavy atom. The van der Waals surface area contributed by atoms with E-state index in [-0.39, 0.29) is 5.54 Å². The average Bonchev–Trinajstić information content (AvgIpc) is 2.39. The van der Waals surface area contributed by atoms with Gasteiger partial charge in [-0.25, -0.2) is 0 Å². The minimum absolute atomic E-state index is 0.00102. The molecule has 1 aromatic rings. The zero-order valence-electron chi connectivity index (χ0n) is 9.72. The summed E-state index contributed by atoms with van der Waals surface area (Å²) in [6.45, 7) is 2.32. The highest BCUT2D eigenvalue weighted by atomic mass is 35.5. The number of alkyl halides is 1. The van der Waals surface area contributed by atoms with Crippen LogP contribution in [-0.4, -0.2) is 24.6 Å². The van der Waals surface area contributed by atoms with Gasteiger partial charge in [-0.3, -0.25) is 0 Å². The summed E-state index contributed by atoms with van der Waals surface area (Å²) in [5, 5.41) is 4.35. The fourth-order valence-electron chi connectivity index (χ4n) is 2.04.